The number of halogens is 1. The molecule has 1 atom stereocenters. The van der Waals surface area contributed by atoms with Crippen LogP contribution in [0.2, 0.25) is 0 Å². The summed E-state index contributed by atoms with van der Waals surface area (Å²) < 4.78 is 24.7. The Morgan fingerprint density at radius 3 is 2.62 bits per heavy atom. The molecule has 128 valence electrons. The summed E-state index contributed by atoms with van der Waals surface area (Å²) >= 11 is 0. The Labute approximate surface area is 138 Å². The molecule has 0 aliphatic heterocycles. The summed E-state index contributed by atoms with van der Waals surface area (Å²) in [6.45, 7) is 2.09. The van der Waals surface area contributed by atoms with E-state index in [-0.39, 0.29) is 17.7 Å². The van der Waals surface area contributed by atoms with E-state index < -0.39 is 23.7 Å². The van der Waals surface area contributed by atoms with Crippen LogP contribution >= 0.6 is 0 Å². The maximum Gasteiger partial charge on any atom is 0.335 e. The van der Waals surface area contributed by atoms with Gasteiger partial charge in [0.1, 0.15) is 23.4 Å². The van der Waals surface area contributed by atoms with E-state index in [0.717, 1.165) is 17.9 Å². The number of hydrogen-bond donors (Lipinski definition) is 2. The zero-order valence-electron chi connectivity index (χ0n) is 13.3. The van der Waals surface area contributed by atoms with E-state index >= 15 is 0 Å². The fourth-order valence-corrected chi connectivity index (χ4v) is 2.20. The first-order chi connectivity index (χ1) is 11.5. The molecule has 6 nitrogen and oxygen atoms in total. The van der Waals surface area contributed by atoms with Crippen LogP contribution < -0.4 is 5.32 Å². The lowest BCUT2D eigenvalue weighted by Crippen LogP contribution is -2.31. The molecule has 0 radical (unpaired) electrons. The van der Waals surface area contributed by atoms with E-state index in [0.29, 0.717) is 12.2 Å². The minimum absolute atomic E-state index is 0.150. The first kappa shape index (κ1) is 17.7. The van der Waals surface area contributed by atoms with Crippen LogP contribution in [-0.4, -0.2) is 30.7 Å². The summed E-state index contributed by atoms with van der Waals surface area (Å²) in [6.07, 6.45) is 0.707. The average Bonchev–Trinajstić information content (AvgIpc) is 3.03. The lowest BCUT2D eigenvalue weighted by Gasteiger charge is -2.16. The van der Waals surface area contributed by atoms with Gasteiger partial charge in [0, 0.05) is 13.5 Å². The van der Waals surface area contributed by atoms with Gasteiger partial charge in [0.25, 0.3) is 5.91 Å². The highest BCUT2D eigenvalue weighted by Gasteiger charge is 2.21. The molecule has 0 saturated heterocycles. The highest BCUT2D eigenvalue weighted by molar-refractivity contribution is 5.96. The van der Waals surface area contributed by atoms with Crippen molar-refractivity contribution < 1.29 is 28.2 Å². The molecule has 2 N–H and O–H groups in total. The van der Waals surface area contributed by atoms with Gasteiger partial charge in [-0.25, -0.2) is 9.18 Å². The normalized spacial score (nSPS) is 12.0. The molecule has 0 fully saturated rings. The quantitative estimate of drug-likeness (QED) is 0.812. The van der Waals surface area contributed by atoms with Gasteiger partial charge in [0.05, 0.1) is 17.7 Å². The fraction of sp³-hybridized carbons (Fsp3) is 0.294. The minimum Gasteiger partial charge on any atom is -0.478 e. The van der Waals surface area contributed by atoms with Gasteiger partial charge >= 0.3 is 5.97 Å². The maximum absolute atomic E-state index is 14.0. The highest BCUT2D eigenvalue weighted by atomic mass is 19.1. The molecule has 7 heteroatoms. The Balaban J connectivity index is 2.20. The van der Waals surface area contributed by atoms with Crippen molar-refractivity contribution in [3.8, 4) is 0 Å². The van der Waals surface area contributed by atoms with Crippen LogP contribution in [0.4, 0.5) is 4.39 Å². The number of hydrogen-bond acceptors (Lipinski definition) is 4. The summed E-state index contributed by atoms with van der Waals surface area (Å²) in [4.78, 5) is 23.1. The van der Waals surface area contributed by atoms with E-state index in [1.54, 1.807) is 12.1 Å². The number of carboxylic acids is 1. The molecule has 0 aliphatic rings. The SMILES string of the molecule is CCc1ccc(C(COC)NC(=O)c2ccc(C(=O)O)cc2F)o1. The maximum atomic E-state index is 14.0. The number of carbonyl (C=O) groups is 2. The van der Waals surface area contributed by atoms with Crippen molar-refractivity contribution in [2.45, 2.75) is 19.4 Å². The second-order valence-electron chi connectivity index (χ2n) is 5.14. The van der Waals surface area contributed by atoms with Gasteiger partial charge in [0.15, 0.2) is 0 Å². The monoisotopic (exact) mass is 335 g/mol. The summed E-state index contributed by atoms with van der Waals surface area (Å²) in [5.41, 5.74) is -0.473. The van der Waals surface area contributed by atoms with Crippen LogP contribution in [0.5, 0.6) is 0 Å². The molecule has 2 aromatic rings. The Kier molecular flexibility index (Phi) is 5.70. The van der Waals surface area contributed by atoms with Crippen molar-refractivity contribution >= 4 is 11.9 Å². The standard InChI is InChI=1S/C17H18FNO5/c1-3-11-5-7-15(24-11)14(9-23-2)19-16(20)12-6-4-10(17(21)22)8-13(12)18/h4-8,14H,3,9H2,1-2H3,(H,19,20)(H,21,22). The van der Waals surface area contributed by atoms with E-state index in [4.69, 9.17) is 14.3 Å². The second kappa shape index (κ2) is 7.74. The number of nitrogens with one attached hydrogen (secondary N) is 1. The molecular formula is C17H18FNO5. The number of rotatable bonds is 7. The first-order valence-electron chi connectivity index (χ1n) is 7.37. The molecule has 0 saturated carbocycles. The van der Waals surface area contributed by atoms with Crippen molar-refractivity contribution in [2.24, 2.45) is 0 Å². The molecule has 2 rings (SSSR count). The Morgan fingerprint density at radius 1 is 1.33 bits per heavy atom. The van der Waals surface area contributed by atoms with Gasteiger partial charge in [-0.1, -0.05) is 6.92 Å². The Morgan fingerprint density at radius 2 is 2.08 bits per heavy atom. The number of furan rings is 1. The molecule has 0 aliphatic carbocycles. The zero-order valence-corrected chi connectivity index (χ0v) is 13.3. The second-order valence-corrected chi connectivity index (χ2v) is 5.14. The largest absolute Gasteiger partial charge is 0.478 e. The summed E-state index contributed by atoms with van der Waals surface area (Å²) in [5.74, 6) is -1.58. The predicted octanol–water partition coefficient (Wildman–Crippen LogP) is 2.80. The third-order valence-electron chi connectivity index (χ3n) is 3.47. The van der Waals surface area contributed by atoms with Gasteiger partial charge in [-0.05, 0) is 30.3 Å². The van der Waals surface area contributed by atoms with Gasteiger partial charge < -0.3 is 19.6 Å². The smallest absolute Gasteiger partial charge is 0.335 e. The van der Waals surface area contributed by atoms with Crippen molar-refractivity contribution in [1.82, 2.24) is 5.32 Å². The molecule has 1 heterocycles. The van der Waals surface area contributed by atoms with Crippen LogP contribution in [0, 0.1) is 5.82 Å². The Bertz CT molecular complexity index is 740. The van der Waals surface area contributed by atoms with Crippen molar-refractivity contribution in [3.63, 3.8) is 0 Å². The molecule has 1 aromatic heterocycles. The predicted molar refractivity (Wildman–Crippen MR) is 83.5 cm³/mol. The summed E-state index contributed by atoms with van der Waals surface area (Å²) in [5, 5.41) is 11.5. The van der Waals surface area contributed by atoms with Gasteiger partial charge in [-0.2, -0.15) is 0 Å². The summed E-state index contributed by atoms with van der Waals surface area (Å²) in [7, 11) is 1.48. The number of carboxylic acid groups (broad SMARTS) is 1. The number of carbonyl (C=O) groups excluding carboxylic acids is 1. The molecule has 1 unspecified atom stereocenters. The van der Waals surface area contributed by atoms with E-state index in [2.05, 4.69) is 5.32 Å². The molecular weight excluding hydrogens is 317 g/mol. The number of aryl methyl sites for hydroxylation is 1. The lowest BCUT2D eigenvalue weighted by atomic mass is 10.1. The van der Waals surface area contributed by atoms with Gasteiger partial charge in [-0.3, -0.25) is 4.79 Å². The van der Waals surface area contributed by atoms with Crippen molar-refractivity contribution in [3.05, 3.63) is 58.8 Å². The van der Waals surface area contributed by atoms with Crippen LogP contribution in [0.25, 0.3) is 0 Å². The molecule has 1 aromatic carbocycles. The Hall–Kier alpha value is -2.67. The first-order valence-corrected chi connectivity index (χ1v) is 7.37. The molecule has 24 heavy (non-hydrogen) atoms. The minimum atomic E-state index is -1.26. The molecule has 0 spiro atoms. The zero-order chi connectivity index (χ0) is 17.7. The number of aromatic carboxylic acids is 1. The third-order valence-corrected chi connectivity index (χ3v) is 3.47. The average molecular weight is 335 g/mol. The molecule has 1 amide bonds. The molecule has 0 bridgehead atoms. The van der Waals surface area contributed by atoms with E-state index in [1.807, 2.05) is 6.92 Å². The fourth-order valence-electron chi connectivity index (χ4n) is 2.20. The number of benzene rings is 1. The van der Waals surface area contributed by atoms with Crippen LogP contribution in [-0.2, 0) is 11.2 Å². The number of ether oxygens (including phenoxy) is 1. The number of methoxy groups -OCH3 is 1. The van der Waals surface area contributed by atoms with Crippen LogP contribution in [0.3, 0.4) is 0 Å². The third kappa shape index (κ3) is 3.99. The summed E-state index contributed by atoms with van der Waals surface area (Å²) in [6, 6.07) is 6.07. The van der Waals surface area contributed by atoms with Crippen LogP contribution in [0.15, 0.2) is 34.7 Å². The van der Waals surface area contributed by atoms with Crippen molar-refractivity contribution in [1.29, 1.82) is 0 Å². The van der Waals surface area contributed by atoms with E-state index in [1.165, 1.54) is 13.2 Å². The van der Waals surface area contributed by atoms with Gasteiger partial charge in [-0.15, -0.1) is 0 Å². The van der Waals surface area contributed by atoms with Crippen molar-refractivity contribution in [2.75, 3.05) is 13.7 Å². The number of amides is 1. The van der Waals surface area contributed by atoms with Crippen LogP contribution in [0.1, 0.15) is 45.2 Å². The van der Waals surface area contributed by atoms with E-state index in [9.17, 15) is 14.0 Å². The lowest BCUT2D eigenvalue weighted by molar-refractivity contribution is 0.0695. The van der Waals surface area contributed by atoms with Gasteiger partial charge in [0.2, 0.25) is 0 Å². The topological polar surface area (TPSA) is 88.8 Å². The highest BCUT2D eigenvalue weighted by Crippen LogP contribution is 2.19.